The molecule has 0 fully saturated rings. The molecule has 1 atom stereocenters. The van der Waals surface area contributed by atoms with Gasteiger partial charge in [-0.2, -0.15) is 8.42 Å². The predicted molar refractivity (Wildman–Crippen MR) is 63.0 cm³/mol. The predicted octanol–water partition coefficient (Wildman–Crippen LogP) is 0.232. The van der Waals surface area contributed by atoms with Crippen LogP contribution in [0.15, 0.2) is 24.3 Å². The molecule has 1 unspecified atom stereocenters. The summed E-state index contributed by atoms with van der Waals surface area (Å²) in [6.07, 6.45) is 1.58. The Labute approximate surface area is 106 Å². The van der Waals surface area contributed by atoms with Crippen molar-refractivity contribution < 1.29 is 31.8 Å². The van der Waals surface area contributed by atoms with Crippen molar-refractivity contribution in [1.82, 2.24) is 0 Å². The van der Waals surface area contributed by atoms with Crippen molar-refractivity contribution >= 4 is 16.4 Å². The Bertz CT molecular complexity index is 396. The van der Waals surface area contributed by atoms with Gasteiger partial charge in [0.15, 0.2) is 6.10 Å². The fourth-order valence-corrected chi connectivity index (χ4v) is 1.65. The molecule has 0 aromatic heterocycles. The van der Waals surface area contributed by atoms with Crippen LogP contribution in [0.5, 0.6) is 0 Å². The van der Waals surface area contributed by atoms with Crippen LogP contribution in [-0.2, 0) is 23.6 Å². The molecule has 0 saturated carbocycles. The number of aliphatic hydroxyl groups excluding tert-OH is 1. The zero-order valence-corrected chi connectivity index (χ0v) is 10.7. The molecule has 0 aliphatic carbocycles. The minimum atomic E-state index is -4.41. The van der Waals surface area contributed by atoms with Crippen LogP contribution in [0.1, 0.15) is 13.3 Å². The van der Waals surface area contributed by atoms with E-state index in [0.29, 0.717) is 6.42 Å². The molecule has 0 saturated heterocycles. The van der Waals surface area contributed by atoms with Gasteiger partial charge in [0.2, 0.25) is 0 Å². The van der Waals surface area contributed by atoms with E-state index in [-0.39, 0.29) is 18.8 Å². The Morgan fingerprint density at radius 3 is 2.50 bits per heavy atom. The lowest BCUT2D eigenvalue weighted by Gasteiger charge is -2.12. The Morgan fingerprint density at radius 2 is 2.06 bits per heavy atom. The average molecular weight is 280 g/mol. The van der Waals surface area contributed by atoms with Crippen LogP contribution in [0, 0.1) is 0 Å². The molecule has 8 heteroatoms. The molecule has 0 heterocycles. The van der Waals surface area contributed by atoms with Crippen LogP contribution in [0.2, 0.25) is 0 Å². The highest BCUT2D eigenvalue weighted by atomic mass is 32.3. The number of aliphatic hydroxyl groups is 1. The summed E-state index contributed by atoms with van der Waals surface area (Å²) in [6, 6.07) is 0. The van der Waals surface area contributed by atoms with Gasteiger partial charge in [-0.3, -0.25) is 0 Å². The maximum absolute atomic E-state index is 11.3. The first-order chi connectivity index (χ1) is 8.30. The van der Waals surface area contributed by atoms with E-state index in [1.807, 2.05) is 0 Å². The van der Waals surface area contributed by atoms with Crippen molar-refractivity contribution in [3.63, 3.8) is 0 Å². The number of aliphatic carboxylic acids is 1. The standard InChI is InChI=1S/C10H16O7S/c1-8(2)9(10(12)13)17-18(14,15)16-7-5-3-4-6-11/h3,5,9,11H,1,4,6-7H2,2H3,(H,12,13). The second-order valence-corrected chi connectivity index (χ2v) is 4.58. The highest BCUT2D eigenvalue weighted by molar-refractivity contribution is 7.81. The maximum atomic E-state index is 11.3. The largest absolute Gasteiger partial charge is 0.479 e. The Balaban J connectivity index is 4.38. The summed E-state index contributed by atoms with van der Waals surface area (Å²) >= 11 is 0. The highest BCUT2D eigenvalue weighted by Gasteiger charge is 2.26. The number of hydrogen-bond donors (Lipinski definition) is 2. The Hall–Kier alpha value is -1.22. The first kappa shape index (κ1) is 16.8. The molecule has 0 bridgehead atoms. The number of carboxylic acids is 1. The fraction of sp³-hybridized carbons (Fsp3) is 0.500. The van der Waals surface area contributed by atoms with Gasteiger partial charge >= 0.3 is 16.4 Å². The number of hydrogen-bond acceptors (Lipinski definition) is 6. The molecule has 0 aromatic carbocycles. The molecule has 0 rings (SSSR count). The van der Waals surface area contributed by atoms with E-state index in [4.69, 9.17) is 10.2 Å². The van der Waals surface area contributed by atoms with Crippen molar-refractivity contribution in [1.29, 1.82) is 0 Å². The quantitative estimate of drug-likeness (QED) is 0.582. The SMILES string of the molecule is C=C(C)C(OS(=O)(=O)OCC=CCCO)C(=O)O. The number of carbonyl (C=O) groups is 1. The second kappa shape index (κ2) is 7.98. The normalized spacial score (nSPS) is 13.7. The van der Waals surface area contributed by atoms with Crippen LogP contribution in [0.25, 0.3) is 0 Å². The minimum absolute atomic E-state index is 0.0329. The summed E-state index contributed by atoms with van der Waals surface area (Å²) in [5.41, 5.74) is 0.0329. The molecule has 0 radical (unpaired) electrons. The monoisotopic (exact) mass is 280 g/mol. The van der Waals surface area contributed by atoms with Crippen LogP contribution >= 0.6 is 0 Å². The molecular formula is C10H16O7S. The van der Waals surface area contributed by atoms with Crippen LogP contribution in [-0.4, -0.2) is 43.9 Å². The second-order valence-electron chi connectivity index (χ2n) is 3.34. The van der Waals surface area contributed by atoms with E-state index in [0.717, 1.165) is 0 Å². The fourth-order valence-electron chi connectivity index (χ4n) is 0.863. The van der Waals surface area contributed by atoms with E-state index >= 15 is 0 Å². The van der Waals surface area contributed by atoms with Crippen LogP contribution < -0.4 is 0 Å². The molecule has 0 aromatic rings. The lowest BCUT2D eigenvalue weighted by molar-refractivity contribution is -0.143. The van der Waals surface area contributed by atoms with Gasteiger partial charge in [-0.25, -0.2) is 13.2 Å². The smallest absolute Gasteiger partial charge is 0.401 e. The van der Waals surface area contributed by atoms with Gasteiger partial charge in [-0.15, -0.1) is 0 Å². The summed E-state index contributed by atoms with van der Waals surface area (Å²) in [5, 5.41) is 17.2. The zero-order chi connectivity index (χ0) is 14.2. The van der Waals surface area contributed by atoms with E-state index in [2.05, 4.69) is 14.9 Å². The Morgan fingerprint density at radius 1 is 1.44 bits per heavy atom. The third kappa shape index (κ3) is 7.17. The molecule has 0 spiro atoms. The van der Waals surface area contributed by atoms with Crippen molar-refractivity contribution in [2.45, 2.75) is 19.4 Å². The summed E-state index contributed by atoms with van der Waals surface area (Å²) < 4.78 is 31.2. The Kier molecular flexibility index (Phi) is 7.44. The topological polar surface area (TPSA) is 110 Å². The van der Waals surface area contributed by atoms with Crippen LogP contribution in [0.3, 0.4) is 0 Å². The number of rotatable bonds is 9. The summed E-state index contributed by atoms with van der Waals surface area (Å²) in [6.45, 7) is 4.28. The molecule has 0 aliphatic heterocycles. The third-order valence-corrected chi connectivity index (χ3v) is 2.51. The molecule has 2 N–H and O–H groups in total. The molecular weight excluding hydrogens is 264 g/mol. The van der Waals surface area contributed by atoms with Gasteiger partial charge in [-0.05, 0) is 18.9 Å². The third-order valence-electron chi connectivity index (χ3n) is 1.66. The first-order valence-corrected chi connectivity index (χ1v) is 6.35. The van der Waals surface area contributed by atoms with E-state index < -0.39 is 22.5 Å². The van der Waals surface area contributed by atoms with Gasteiger partial charge in [0.05, 0.1) is 6.61 Å². The molecule has 0 amide bonds. The first-order valence-electron chi connectivity index (χ1n) is 5.02. The molecule has 0 aliphatic rings. The van der Waals surface area contributed by atoms with E-state index in [9.17, 15) is 13.2 Å². The lowest BCUT2D eigenvalue weighted by Crippen LogP contribution is -2.28. The molecule has 7 nitrogen and oxygen atoms in total. The lowest BCUT2D eigenvalue weighted by atomic mass is 10.2. The molecule has 18 heavy (non-hydrogen) atoms. The summed E-state index contributed by atoms with van der Waals surface area (Å²) in [7, 11) is -4.41. The van der Waals surface area contributed by atoms with Crippen LogP contribution in [0.4, 0.5) is 0 Å². The van der Waals surface area contributed by atoms with Crippen molar-refractivity contribution in [3.05, 3.63) is 24.3 Å². The zero-order valence-electron chi connectivity index (χ0n) is 9.90. The summed E-state index contributed by atoms with van der Waals surface area (Å²) in [4.78, 5) is 10.7. The van der Waals surface area contributed by atoms with E-state index in [1.165, 1.54) is 19.1 Å². The van der Waals surface area contributed by atoms with Crippen molar-refractivity contribution in [3.8, 4) is 0 Å². The minimum Gasteiger partial charge on any atom is -0.479 e. The van der Waals surface area contributed by atoms with E-state index in [1.54, 1.807) is 0 Å². The number of carboxylic acid groups (broad SMARTS) is 1. The summed E-state index contributed by atoms with van der Waals surface area (Å²) in [5.74, 6) is -1.47. The van der Waals surface area contributed by atoms with Gasteiger partial charge in [-0.1, -0.05) is 18.7 Å². The van der Waals surface area contributed by atoms with Gasteiger partial charge in [0.25, 0.3) is 0 Å². The van der Waals surface area contributed by atoms with Gasteiger partial charge in [0, 0.05) is 6.61 Å². The van der Waals surface area contributed by atoms with Crippen molar-refractivity contribution in [2.75, 3.05) is 13.2 Å². The average Bonchev–Trinajstić information content (AvgIpc) is 2.25. The van der Waals surface area contributed by atoms with Crippen molar-refractivity contribution in [2.24, 2.45) is 0 Å². The maximum Gasteiger partial charge on any atom is 0.401 e. The highest BCUT2D eigenvalue weighted by Crippen LogP contribution is 2.09. The van der Waals surface area contributed by atoms with Gasteiger partial charge in [0.1, 0.15) is 0 Å². The van der Waals surface area contributed by atoms with Gasteiger partial charge < -0.3 is 10.2 Å². The molecule has 104 valence electrons.